The molecular formula is C17H14Cl2O2. The first kappa shape index (κ1) is 15.6. The van der Waals surface area contributed by atoms with Gasteiger partial charge in [-0.05, 0) is 42.3 Å². The second kappa shape index (κ2) is 7.30. The van der Waals surface area contributed by atoms with Gasteiger partial charge in [0, 0.05) is 21.2 Å². The molecule has 0 unspecified atom stereocenters. The van der Waals surface area contributed by atoms with E-state index in [1.54, 1.807) is 36.4 Å². The Balaban J connectivity index is 2.18. The second-order valence-corrected chi connectivity index (χ2v) is 5.35. The molecule has 0 aliphatic heterocycles. The van der Waals surface area contributed by atoms with Crippen LogP contribution in [0, 0.1) is 0 Å². The van der Waals surface area contributed by atoms with Gasteiger partial charge in [-0.1, -0.05) is 35.3 Å². The highest BCUT2D eigenvalue weighted by Gasteiger charge is 2.07. The summed E-state index contributed by atoms with van der Waals surface area (Å²) < 4.78 is 5.80. The summed E-state index contributed by atoms with van der Waals surface area (Å²) in [7, 11) is 0. The van der Waals surface area contributed by atoms with Crippen LogP contribution in [0.3, 0.4) is 0 Å². The number of rotatable bonds is 6. The van der Waals surface area contributed by atoms with E-state index >= 15 is 0 Å². The summed E-state index contributed by atoms with van der Waals surface area (Å²) in [4.78, 5) is 10.8. The third-order valence-corrected chi connectivity index (χ3v) is 3.57. The maximum atomic E-state index is 10.8. The van der Waals surface area contributed by atoms with Gasteiger partial charge in [-0.15, -0.1) is 6.58 Å². The minimum absolute atomic E-state index is 0.334. The Morgan fingerprint density at radius 3 is 2.57 bits per heavy atom. The molecule has 0 amide bonds. The van der Waals surface area contributed by atoms with Crippen LogP contribution in [0.1, 0.15) is 21.5 Å². The molecule has 0 aromatic heterocycles. The normalized spacial score (nSPS) is 10.2. The van der Waals surface area contributed by atoms with Crippen molar-refractivity contribution in [2.24, 2.45) is 0 Å². The van der Waals surface area contributed by atoms with Crippen molar-refractivity contribution >= 4 is 29.5 Å². The van der Waals surface area contributed by atoms with E-state index in [1.165, 1.54) is 0 Å². The lowest BCUT2D eigenvalue weighted by Crippen LogP contribution is -2.00. The van der Waals surface area contributed by atoms with E-state index in [0.29, 0.717) is 34.4 Å². The van der Waals surface area contributed by atoms with Crippen LogP contribution in [-0.2, 0) is 13.0 Å². The molecule has 0 bridgehead atoms. The monoisotopic (exact) mass is 320 g/mol. The van der Waals surface area contributed by atoms with Gasteiger partial charge < -0.3 is 4.74 Å². The SMILES string of the molecule is C=CCc1cc(C=O)ccc1OCc1ccc(Cl)cc1Cl. The number of ether oxygens (including phenoxy) is 1. The predicted octanol–water partition coefficient (Wildman–Crippen LogP) is 5.11. The molecule has 108 valence electrons. The first-order valence-electron chi connectivity index (χ1n) is 6.39. The summed E-state index contributed by atoms with van der Waals surface area (Å²) in [5, 5.41) is 1.16. The van der Waals surface area contributed by atoms with E-state index in [0.717, 1.165) is 17.4 Å². The molecule has 4 heteroatoms. The number of hydrogen-bond acceptors (Lipinski definition) is 2. The first-order chi connectivity index (χ1) is 10.1. The van der Waals surface area contributed by atoms with Crippen LogP contribution in [0.25, 0.3) is 0 Å². The lowest BCUT2D eigenvalue weighted by molar-refractivity contribution is 0.112. The average Bonchev–Trinajstić information content (AvgIpc) is 2.47. The van der Waals surface area contributed by atoms with Gasteiger partial charge in [0.15, 0.2) is 0 Å². The fraction of sp³-hybridized carbons (Fsp3) is 0.118. The van der Waals surface area contributed by atoms with Crippen LogP contribution in [0.5, 0.6) is 5.75 Å². The minimum Gasteiger partial charge on any atom is -0.489 e. The molecule has 21 heavy (non-hydrogen) atoms. The van der Waals surface area contributed by atoms with E-state index in [-0.39, 0.29) is 0 Å². The van der Waals surface area contributed by atoms with Gasteiger partial charge in [0.25, 0.3) is 0 Å². The minimum atomic E-state index is 0.334. The Morgan fingerprint density at radius 2 is 1.90 bits per heavy atom. The number of aldehydes is 1. The Hall–Kier alpha value is -1.77. The maximum Gasteiger partial charge on any atom is 0.150 e. The predicted molar refractivity (Wildman–Crippen MR) is 86.5 cm³/mol. The highest BCUT2D eigenvalue weighted by Crippen LogP contribution is 2.25. The fourth-order valence-electron chi connectivity index (χ4n) is 1.92. The number of carbonyl (C=O) groups excluding carboxylic acids is 1. The number of benzene rings is 2. The van der Waals surface area contributed by atoms with Crippen LogP contribution in [0.15, 0.2) is 49.1 Å². The first-order valence-corrected chi connectivity index (χ1v) is 7.15. The summed E-state index contributed by atoms with van der Waals surface area (Å²) in [6, 6.07) is 10.6. The van der Waals surface area contributed by atoms with Gasteiger partial charge in [-0.2, -0.15) is 0 Å². The third-order valence-electron chi connectivity index (χ3n) is 2.98. The topological polar surface area (TPSA) is 26.3 Å². The van der Waals surface area contributed by atoms with Crippen LogP contribution < -0.4 is 4.74 Å². The maximum absolute atomic E-state index is 10.8. The van der Waals surface area contributed by atoms with Crippen molar-refractivity contribution in [1.29, 1.82) is 0 Å². The number of carbonyl (C=O) groups is 1. The van der Waals surface area contributed by atoms with Crippen molar-refractivity contribution in [3.63, 3.8) is 0 Å². The molecular weight excluding hydrogens is 307 g/mol. The molecule has 0 heterocycles. The standard InChI is InChI=1S/C17H14Cl2O2/c1-2-3-13-8-12(10-20)4-7-17(13)21-11-14-5-6-15(18)9-16(14)19/h2,4-10H,1,3,11H2. The van der Waals surface area contributed by atoms with Crippen molar-refractivity contribution in [2.75, 3.05) is 0 Å². The van der Waals surface area contributed by atoms with E-state index in [9.17, 15) is 4.79 Å². The van der Waals surface area contributed by atoms with Gasteiger partial charge in [0.2, 0.25) is 0 Å². The summed E-state index contributed by atoms with van der Waals surface area (Å²) in [5.74, 6) is 0.714. The Kier molecular flexibility index (Phi) is 5.43. The van der Waals surface area contributed by atoms with Gasteiger partial charge >= 0.3 is 0 Å². The third kappa shape index (κ3) is 4.10. The molecule has 0 atom stereocenters. The highest BCUT2D eigenvalue weighted by atomic mass is 35.5. The summed E-state index contributed by atoms with van der Waals surface area (Å²) in [6.07, 6.45) is 3.21. The molecule has 0 saturated carbocycles. The highest BCUT2D eigenvalue weighted by molar-refractivity contribution is 6.35. The Labute approximate surface area is 134 Å². The quantitative estimate of drug-likeness (QED) is 0.546. The summed E-state index contributed by atoms with van der Waals surface area (Å²) >= 11 is 12.0. The van der Waals surface area contributed by atoms with E-state index in [2.05, 4.69) is 6.58 Å². The zero-order chi connectivity index (χ0) is 15.2. The molecule has 0 radical (unpaired) electrons. The zero-order valence-corrected chi connectivity index (χ0v) is 12.8. The van der Waals surface area contributed by atoms with Crippen LogP contribution in [0.2, 0.25) is 10.0 Å². The van der Waals surface area contributed by atoms with Crippen molar-refractivity contribution in [3.8, 4) is 5.75 Å². The molecule has 0 spiro atoms. The lowest BCUT2D eigenvalue weighted by Gasteiger charge is -2.12. The number of halogens is 2. The van der Waals surface area contributed by atoms with Crippen LogP contribution in [0.4, 0.5) is 0 Å². The molecule has 2 rings (SSSR count). The number of allylic oxidation sites excluding steroid dienone is 1. The van der Waals surface area contributed by atoms with Crippen LogP contribution in [-0.4, -0.2) is 6.29 Å². The Morgan fingerprint density at radius 1 is 1.10 bits per heavy atom. The van der Waals surface area contributed by atoms with E-state index in [4.69, 9.17) is 27.9 Å². The molecule has 0 N–H and O–H groups in total. The van der Waals surface area contributed by atoms with Crippen molar-refractivity contribution in [1.82, 2.24) is 0 Å². The molecule has 0 aliphatic carbocycles. The molecule has 0 saturated heterocycles. The average molecular weight is 321 g/mol. The molecule has 2 aromatic carbocycles. The van der Waals surface area contributed by atoms with Gasteiger partial charge in [-0.3, -0.25) is 4.79 Å². The summed E-state index contributed by atoms with van der Waals surface area (Å²) in [6.45, 7) is 4.05. The Bertz CT molecular complexity index is 666. The lowest BCUT2D eigenvalue weighted by atomic mass is 10.1. The molecule has 2 aromatic rings. The molecule has 2 nitrogen and oxygen atoms in total. The van der Waals surface area contributed by atoms with Gasteiger partial charge in [-0.25, -0.2) is 0 Å². The van der Waals surface area contributed by atoms with Crippen molar-refractivity contribution in [3.05, 3.63) is 75.8 Å². The van der Waals surface area contributed by atoms with Crippen molar-refractivity contribution in [2.45, 2.75) is 13.0 Å². The fourth-order valence-corrected chi connectivity index (χ4v) is 2.39. The largest absolute Gasteiger partial charge is 0.489 e. The molecule has 0 fully saturated rings. The summed E-state index contributed by atoms with van der Waals surface area (Å²) in [5.41, 5.74) is 2.38. The van der Waals surface area contributed by atoms with E-state index < -0.39 is 0 Å². The van der Waals surface area contributed by atoms with Gasteiger partial charge in [0.05, 0.1) is 0 Å². The smallest absolute Gasteiger partial charge is 0.150 e. The van der Waals surface area contributed by atoms with E-state index in [1.807, 2.05) is 6.07 Å². The van der Waals surface area contributed by atoms with Crippen molar-refractivity contribution < 1.29 is 9.53 Å². The second-order valence-electron chi connectivity index (χ2n) is 4.50. The number of hydrogen-bond donors (Lipinski definition) is 0. The zero-order valence-electron chi connectivity index (χ0n) is 11.3. The van der Waals surface area contributed by atoms with Crippen LogP contribution >= 0.6 is 23.2 Å². The molecule has 0 aliphatic rings. The van der Waals surface area contributed by atoms with Gasteiger partial charge in [0.1, 0.15) is 18.6 Å².